The number of rotatable bonds is 5. The van der Waals surface area contributed by atoms with Crippen molar-refractivity contribution < 1.29 is 9.53 Å². The van der Waals surface area contributed by atoms with Gasteiger partial charge < -0.3 is 19.9 Å². The Hall–Kier alpha value is -1.07. The molecule has 2 fully saturated rings. The second-order valence-corrected chi connectivity index (χ2v) is 7.02. The zero-order valence-electron chi connectivity index (χ0n) is 13.7. The highest BCUT2D eigenvalue weighted by atomic mass is 16.5. The average molecular weight is 307 g/mol. The molecule has 0 radical (unpaired) electrons. The predicted octanol–water partition coefficient (Wildman–Crippen LogP) is 1.85. The van der Waals surface area contributed by atoms with Gasteiger partial charge >= 0.3 is 6.03 Å². The Morgan fingerprint density at radius 1 is 1.36 bits per heavy atom. The lowest BCUT2D eigenvalue weighted by molar-refractivity contribution is -0.0279. The summed E-state index contributed by atoms with van der Waals surface area (Å²) in [5, 5.41) is 3.14. The highest BCUT2D eigenvalue weighted by Crippen LogP contribution is 2.29. The minimum atomic E-state index is 0.0645. The molecular formula is C17H29N3O2. The van der Waals surface area contributed by atoms with E-state index in [2.05, 4.69) is 29.4 Å². The van der Waals surface area contributed by atoms with E-state index in [9.17, 15) is 4.79 Å². The molecule has 0 bridgehead atoms. The highest BCUT2D eigenvalue weighted by molar-refractivity contribution is 5.75. The van der Waals surface area contributed by atoms with Crippen LogP contribution in [0.5, 0.6) is 0 Å². The number of likely N-dealkylation sites (N-methyl/N-ethyl adjacent to an activating group) is 1. The van der Waals surface area contributed by atoms with E-state index in [0.717, 1.165) is 25.3 Å². The van der Waals surface area contributed by atoms with Crippen molar-refractivity contribution in [3.63, 3.8) is 0 Å². The topological polar surface area (TPSA) is 44.8 Å². The molecule has 0 aromatic carbocycles. The molecular weight excluding hydrogens is 278 g/mol. The molecule has 2 unspecified atom stereocenters. The second-order valence-electron chi connectivity index (χ2n) is 7.02. The van der Waals surface area contributed by atoms with Gasteiger partial charge in [0.2, 0.25) is 0 Å². The van der Waals surface area contributed by atoms with Crippen LogP contribution in [0.2, 0.25) is 0 Å². The van der Waals surface area contributed by atoms with Crippen LogP contribution in [0.3, 0.4) is 0 Å². The number of nitrogens with zero attached hydrogens (tertiary/aromatic N) is 2. The van der Waals surface area contributed by atoms with Crippen molar-refractivity contribution in [2.75, 3.05) is 39.8 Å². The van der Waals surface area contributed by atoms with Gasteiger partial charge in [-0.25, -0.2) is 4.79 Å². The summed E-state index contributed by atoms with van der Waals surface area (Å²) in [6.07, 6.45) is 10.5. The van der Waals surface area contributed by atoms with Crippen molar-refractivity contribution in [2.24, 2.45) is 5.92 Å². The second kappa shape index (κ2) is 7.47. The van der Waals surface area contributed by atoms with Gasteiger partial charge in [-0.1, -0.05) is 12.2 Å². The Labute approximate surface area is 133 Å². The summed E-state index contributed by atoms with van der Waals surface area (Å²) in [5.41, 5.74) is 0. The van der Waals surface area contributed by atoms with Crippen LogP contribution >= 0.6 is 0 Å². The Balaban J connectivity index is 1.43. The average Bonchev–Trinajstić information content (AvgIpc) is 3.32. The molecule has 22 heavy (non-hydrogen) atoms. The van der Waals surface area contributed by atoms with Gasteiger partial charge in [-0.15, -0.1) is 0 Å². The molecule has 2 aliphatic carbocycles. The number of ether oxygens (including phenoxy) is 1. The van der Waals surface area contributed by atoms with Gasteiger partial charge in [0.05, 0.1) is 12.7 Å². The lowest BCUT2D eigenvalue weighted by Crippen LogP contribution is -2.53. The molecule has 2 amide bonds. The molecule has 2 atom stereocenters. The lowest BCUT2D eigenvalue weighted by atomic mass is 10.0. The van der Waals surface area contributed by atoms with E-state index in [0.29, 0.717) is 19.7 Å². The van der Waals surface area contributed by atoms with Gasteiger partial charge in [-0.2, -0.15) is 0 Å². The molecule has 5 nitrogen and oxygen atoms in total. The minimum absolute atomic E-state index is 0.0645. The Bertz CT molecular complexity index is 409. The van der Waals surface area contributed by atoms with Gasteiger partial charge in [0.1, 0.15) is 0 Å². The van der Waals surface area contributed by atoms with Gasteiger partial charge in [0.25, 0.3) is 0 Å². The summed E-state index contributed by atoms with van der Waals surface area (Å²) in [6.45, 7) is 4.14. The van der Waals surface area contributed by atoms with Crippen LogP contribution in [0.25, 0.3) is 0 Å². The maximum Gasteiger partial charge on any atom is 0.318 e. The summed E-state index contributed by atoms with van der Waals surface area (Å²) in [7, 11) is 2.16. The molecule has 124 valence electrons. The quantitative estimate of drug-likeness (QED) is 0.788. The van der Waals surface area contributed by atoms with Crippen LogP contribution in [-0.2, 0) is 4.74 Å². The molecule has 5 heteroatoms. The Kier molecular flexibility index (Phi) is 5.37. The third-order valence-corrected chi connectivity index (χ3v) is 4.77. The van der Waals surface area contributed by atoms with E-state index in [4.69, 9.17) is 4.74 Å². The first-order valence-electron chi connectivity index (χ1n) is 8.73. The maximum absolute atomic E-state index is 12.4. The number of hydrogen-bond acceptors (Lipinski definition) is 3. The van der Waals surface area contributed by atoms with Gasteiger partial charge in [0, 0.05) is 32.2 Å². The highest BCUT2D eigenvalue weighted by Gasteiger charge is 2.28. The van der Waals surface area contributed by atoms with Crippen molar-refractivity contribution in [1.82, 2.24) is 15.1 Å². The smallest absolute Gasteiger partial charge is 0.318 e. The Morgan fingerprint density at radius 3 is 2.95 bits per heavy atom. The number of allylic oxidation sites excluding steroid dienone is 1. The standard InChI is InChI=1S/C17H29N3O2/c1-19(11-14-7-8-14)12-16-13-20(9-10-22-16)17(21)18-15-5-3-2-4-6-15/h3,5,14-16H,2,4,6-13H2,1H3,(H,18,21). The zero-order valence-corrected chi connectivity index (χ0v) is 13.7. The van der Waals surface area contributed by atoms with Gasteiger partial charge in [-0.3, -0.25) is 0 Å². The van der Waals surface area contributed by atoms with Crippen molar-refractivity contribution in [1.29, 1.82) is 0 Å². The number of urea groups is 1. The maximum atomic E-state index is 12.4. The molecule has 1 aliphatic heterocycles. The summed E-state index contributed by atoms with van der Waals surface area (Å²) in [4.78, 5) is 16.7. The molecule has 3 aliphatic rings. The third-order valence-electron chi connectivity index (χ3n) is 4.77. The van der Waals surface area contributed by atoms with Crippen LogP contribution in [0.4, 0.5) is 4.79 Å². The van der Waals surface area contributed by atoms with Crippen LogP contribution in [-0.4, -0.2) is 67.8 Å². The first kappa shape index (κ1) is 15.8. The van der Waals surface area contributed by atoms with E-state index >= 15 is 0 Å². The molecule has 0 spiro atoms. The monoisotopic (exact) mass is 307 g/mol. The van der Waals surface area contributed by atoms with Gasteiger partial charge in [0.15, 0.2) is 0 Å². The molecule has 0 aromatic rings. The van der Waals surface area contributed by atoms with E-state index < -0.39 is 0 Å². The molecule has 1 N–H and O–H groups in total. The number of morpholine rings is 1. The summed E-state index contributed by atoms with van der Waals surface area (Å²) in [6, 6.07) is 0.273. The van der Waals surface area contributed by atoms with E-state index in [1.54, 1.807) is 0 Å². The Morgan fingerprint density at radius 2 is 2.23 bits per heavy atom. The summed E-state index contributed by atoms with van der Waals surface area (Å²) >= 11 is 0. The van der Waals surface area contributed by atoms with E-state index in [1.165, 1.54) is 25.8 Å². The van der Waals surface area contributed by atoms with E-state index in [1.807, 2.05) is 4.90 Å². The SMILES string of the molecule is CN(CC1CC1)CC1CN(C(=O)NC2C=CCCC2)CCO1. The van der Waals surface area contributed by atoms with Gasteiger partial charge in [-0.05, 0) is 45.1 Å². The van der Waals surface area contributed by atoms with Crippen molar-refractivity contribution in [3.8, 4) is 0 Å². The normalized spacial score (nSPS) is 28.9. The summed E-state index contributed by atoms with van der Waals surface area (Å²) in [5.74, 6) is 0.895. The van der Waals surface area contributed by atoms with Crippen LogP contribution in [0.1, 0.15) is 32.1 Å². The fourth-order valence-corrected chi connectivity index (χ4v) is 3.36. The van der Waals surface area contributed by atoms with Crippen LogP contribution < -0.4 is 5.32 Å². The third kappa shape index (κ3) is 4.71. The molecule has 0 aromatic heterocycles. The first-order valence-corrected chi connectivity index (χ1v) is 8.73. The molecule has 3 rings (SSSR count). The van der Waals surface area contributed by atoms with Crippen molar-refractivity contribution in [3.05, 3.63) is 12.2 Å². The molecule has 1 heterocycles. The lowest BCUT2D eigenvalue weighted by Gasteiger charge is -2.35. The fourth-order valence-electron chi connectivity index (χ4n) is 3.36. The molecule has 1 saturated heterocycles. The minimum Gasteiger partial charge on any atom is -0.373 e. The number of carbonyl (C=O) groups is 1. The number of nitrogens with one attached hydrogen (secondary N) is 1. The first-order chi connectivity index (χ1) is 10.7. The predicted molar refractivity (Wildman–Crippen MR) is 86.8 cm³/mol. The van der Waals surface area contributed by atoms with E-state index in [-0.39, 0.29) is 18.2 Å². The fraction of sp³-hybridized carbons (Fsp3) is 0.824. The van der Waals surface area contributed by atoms with Crippen LogP contribution in [0, 0.1) is 5.92 Å². The molecule has 1 saturated carbocycles. The zero-order chi connectivity index (χ0) is 15.4. The van der Waals surface area contributed by atoms with Crippen molar-refractivity contribution >= 4 is 6.03 Å². The van der Waals surface area contributed by atoms with Crippen LogP contribution in [0.15, 0.2) is 12.2 Å². The summed E-state index contributed by atoms with van der Waals surface area (Å²) < 4.78 is 5.84. The number of amides is 2. The van der Waals surface area contributed by atoms with Crippen molar-refractivity contribution in [2.45, 2.75) is 44.2 Å². The number of carbonyl (C=O) groups excluding carboxylic acids is 1. The largest absolute Gasteiger partial charge is 0.373 e. The number of hydrogen-bond donors (Lipinski definition) is 1.